The standard InChI is InChI=1S/C20H25N3O4/c1-14(22-19(25)27-20(2,3)4)18(24)23-16-8-5-9-17(11-16)26-13-15-7-6-10-21-12-15/h5-12,14H,13H2,1-4H3,(H,22,25)(H,23,24). The van der Waals surface area contributed by atoms with Crippen LogP contribution >= 0.6 is 0 Å². The second-order valence-corrected chi connectivity index (χ2v) is 7.03. The molecule has 2 rings (SSSR count). The Bertz CT molecular complexity index is 772. The van der Waals surface area contributed by atoms with Crippen LogP contribution in [0.15, 0.2) is 48.8 Å². The monoisotopic (exact) mass is 371 g/mol. The van der Waals surface area contributed by atoms with Gasteiger partial charge in [0.2, 0.25) is 5.91 Å². The summed E-state index contributed by atoms with van der Waals surface area (Å²) in [6.45, 7) is 7.24. The van der Waals surface area contributed by atoms with Gasteiger partial charge in [0.1, 0.15) is 24.0 Å². The largest absolute Gasteiger partial charge is 0.489 e. The molecule has 1 aromatic heterocycles. The summed E-state index contributed by atoms with van der Waals surface area (Å²) in [4.78, 5) is 28.1. The maximum Gasteiger partial charge on any atom is 0.408 e. The molecular weight excluding hydrogens is 346 g/mol. The molecule has 1 unspecified atom stereocenters. The summed E-state index contributed by atoms with van der Waals surface area (Å²) >= 11 is 0. The van der Waals surface area contributed by atoms with E-state index in [9.17, 15) is 9.59 Å². The molecule has 144 valence electrons. The Morgan fingerprint density at radius 2 is 1.96 bits per heavy atom. The molecule has 0 radical (unpaired) electrons. The number of nitrogens with one attached hydrogen (secondary N) is 2. The molecule has 0 aliphatic heterocycles. The van der Waals surface area contributed by atoms with E-state index in [1.54, 1.807) is 64.4 Å². The number of ether oxygens (including phenoxy) is 2. The average molecular weight is 371 g/mol. The fraction of sp³-hybridized carbons (Fsp3) is 0.350. The predicted molar refractivity (Wildman–Crippen MR) is 102 cm³/mol. The zero-order valence-electron chi connectivity index (χ0n) is 16.0. The van der Waals surface area contributed by atoms with E-state index in [1.807, 2.05) is 12.1 Å². The van der Waals surface area contributed by atoms with Gasteiger partial charge in [0, 0.05) is 29.7 Å². The maximum atomic E-state index is 12.3. The third-order valence-electron chi connectivity index (χ3n) is 3.36. The number of anilines is 1. The Morgan fingerprint density at radius 3 is 2.63 bits per heavy atom. The van der Waals surface area contributed by atoms with Gasteiger partial charge in [0.05, 0.1) is 0 Å². The third-order valence-corrected chi connectivity index (χ3v) is 3.36. The Hall–Kier alpha value is -3.09. The number of carbonyl (C=O) groups excluding carboxylic acids is 2. The van der Waals surface area contributed by atoms with Crippen molar-refractivity contribution in [3.05, 3.63) is 54.4 Å². The summed E-state index contributed by atoms with van der Waals surface area (Å²) < 4.78 is 10.9. The summed E-state index contributed by atoms with van der Waals surface area (Å²) in [6.07, 6.45) is 2.79. The highest BCUT2D eigenvalue weighted by Crippen LogP contribution is 2.19. The van der Waals surface area contributed by atoms with E-state index in [0.29, 0.717) is 18.0 Å². The second kappa shape index (κ2) is 9.02. The Morgan fingerprint density at radius 1 is 1.19 bits per heavy atom. The summed E-state index contributed by atoms with van der Waals surface area (Å²) in [5.41, 5.74) is 0.892. The average Bonchev–Trinajstić information content (AvgIpc) is 2.59. The van der Waals surface area contributed by atoms with Crippen LogP contribution in [0.3, 0.4) is 0 Å². The van der Waals surface area contributed by atoms with Gasteiger partial charge in [-0.1, -0.05) is 12.1 Å². The minimum Gasteiger partial charge on any atom is -0.489 e. The molecule has 0 aliphatic rings. The molecule has 2 aromatic rings. The fourth-order valence-electron chi connectivity index (χ4n) is 2.11. The normalized spacial score (nSPS) is 12.0. The van der Waals surface area contributed by atoms with Crippen LogP contribution in [0.5, 0.6) is 5.75 Å². The molecule has 0 aliphatic carbocycles. The van der Waals surface area contributed by atoms with Crippen molar-refractivity contribution in [2.24, 2.45) is 0 Å². The summed E-state index contributed by atoms with van der Waals surface area (Å²) in [6, 6.07) is 10.1. The lowest BCUT2D eigenvalue weighted by atomic mass is 10.2. The second-order valence-electron chi connectivity index (χ2n) is 7.03. The zero-order chi connectivity index (χ0) is 19.9. The Balaban J connectivity index is 1.89. The SMILES string of the molecule is CC(NC(=O)OC(C)(C)C)C(=O)Nc1cccc(OCc2cccnc2)c1. The van der Waals surface area contributed by atoms with Crippen molar-refractivity contribution in [1.29, 1.82) is 0 Å². The molecule has 0 bridgehead atoms. The lowest BCUT2D eigenvalue weighted by Gasteiger charge is -2.21. The molecule has 0 saturated heterocycles. The molecule has 7 heteroatoms. The van der Waals surface area contributed by atoms with Crippen molar-refractivity contribution >= 4 is 17.7 Å². The number of carbonyl (C=O) groups is 2. The topological polar surface area (TPSA) is 89.5 Å². The quantitative estimate of drug-likeness (QED) is 0.811. The highest BCUT2D eigenvalue weighted by molar-refractivity contribution is 5.96. The van der Waals surface area contributed by atoms with Crippen molar-refractivity contribution in [1.82, 2.24) is 10.3 Å². The van der Waals surface area contributed by atoms with Crippen LogP contribution < -0.4 is 15.4 Å². The molecule has 2 amide bonds. The van der Waals surface area contributed by atoms with Crippen molar-refractivity contribution in [2.75, 3.05) is 5.32 Å². The molecule has 1 atom stereocenters. The van der Waals surface area contributed by atoms with Gasteiger partial charge in [-0.3, -0.25) is 9.78 Å². The number of rotatable bonds is 6. The van der Waals surface area contributed by atoms with E-state index in [0.717, 1.165) is 5.56 Å². The van der Waals surface area contributed by atoms with Crippen LogP contribution in [0.25, 0.3) is 0 Å². The van der Waals surface area contributed by atoms with Gasteiger partial charge < -0.3 is 20.1 Å². The van der Waals surface area contributed by atoms with Gasteiger partial charge in [0.25, 0.3) is 0 Å². The first kappa shape index (κ1) is 20.2. The lowest BCUT2D eigenvalue weighted by molar-refractivity contribution is -0.117. The number of aromatic nitrogens is 1. The van der Waals surface area contributed by atoms with E-state index in [4.69, 9.17) is 9.47 Å². The number of amides is 2. The number of nitrogens with zero attached hydrogens (tertiary/aromatic N) is 1. The molecule has 27 heavy (non-hydrogen) atoms. The van der Waals surface area contributed by atoms with Crippen LogP contribution in [0, 0.1) is 0 Å². The van der Waals surface area contributed by atoms with Gasteiger partial charge in [-0.05, 0) is 45.9 Å². The molecule has 7 nitrogen and oxygen atoms in total. The molecule has 2 N–H and O–H groups in total. The van der Waals surface area contributed by atoms with E-state index in [1.165, 1.54) is 0 Å². The molecule has 0 spiro atoms. The van der Waals surface area contributed by atoms with E-state index >= 15 is 0 Å². The van der Waals surface area contributed by atoms with Gasteiger partial charge in [0.15, 0.2) is 0 Å². The van der Waals surface area contributed by atoms with E-state index < -0.39 is 17.7 Å². The summed E-state index contributed by atoms with van der Waals surface area (Å²) in [7, 11) is 0. The third kappa shape index (κ3) is 7.35. The maximum absolute atomic E-state index is 12.3. The van der Waals surface area contributed by atoms with Crippen LogP contribution in [0.2, 0.25) is 0 Å². The highest BCUT2D eigenvalue weighted by atomic mass is 16.6. The Labute approximate surface area is 159 Å². The molecule has 0 fully saturated rings. The summed E-state index contributed by atoms with van der Waals surface area (Å²) in [5, 5.41) is 5.25. The highest BCUT2D eigenvalue weighted by Gasteiger charge is 2.21. The van der Waals surface area contributed by atoms with Crippen molar-refractivity contribution < 1.29 is 19.1 Å². The van der Waals surface area contributed by atoms with Crippen LogP contribution in [-0.4, -0.2) is 28.6 Å². The molecule has 0 saturated carbocycles. The van der Waals surface area contributed by atoms with E-state index in [2.05, 4.69) is 15.6 Å². The number of alkyl carbamates (subject to hydrolysis) is 1. The van der Waals surface area contributed by atoms with Crippen LogP contribution in [0.4, 0.5) is 10.5 Å². The first-order chi connectivity index (χ1) is 12.7. The molecular formula is C20H25N3O4. The number of benzene rings is 1. The predicted octanol–water partition coefficient (Wildman–Crippen LogP) is 3.51. The fourth-order valence-corrected chi connectivity index (χ4v) is 2.11. The van der Waals surface area contributed by atoms with Gasteiger partial charge in [-0.25, -0.2) is 4.79 Å². The van der Waals surface area contributed by atoms with Gasteiger partial charge in [-0.2, -0.15) is 0 Å². The number of pyridine rings is 1. The smallest absolute Gasteiger partial charge is 0.408 e. The van der Waals surface area contributed by atoms with E-state index in [-0.39, 0.29) is 5.91 Å². The first-order valence-electron chi connectivity index (χ1n) is 8.65. The minimum absolute atomic E-state index is 0.356. The zero-order valence-corrected chi connectivity index (χ0v) is 16.0. The molecule has 1 heterocycles. The van der Waals surface area contributed by atoms with Crippen molar-refractivity contribution in [2.45, 2.75) is 45.9 Å². The first-order valence-corrected chi connectivity index (χ1v) is 8.65. The summed E-state index contributed by atoms with van der Waals surface area (Å²) in [5.74, 6) is 0.259. The van der Waals surface area contributed by atoms with Crippen molar-refractivity contribution in [3.8, 4) is 5.75 Å². The van der Waals surface area contributed by atoms with Crippen LogP contribution in [-0.2, 0) is 16.1 Å². The van der Waals surface area contributed by atoms with Gasteiger partial charge in [-0.15, -0.1) is 0 Å². The number of hydrogen-bond acceptors (Lipinski definition) is 5. The Kier molecular flexibility index (Phi) is 6.76. The van der Waals surface area contributed by atoms with Crippen LogP contribution in [0.1, 0.15) is 33.3 Å². The molecule has 1 aromatic carbocycles. The van der Waals surface area contributed by atoms with Crippen molar-refractivity contribution in [3.63, 3.8) is 0 Å². The number of hydrogen-bond donors (Lipinski definition) is 2. The van der Waals surface area contributed by atoms with Gasteiger partial charge >= 0.3 is 6.09 Å². The minimum atomic E-state index is -0.750. The lowest BCUT2D eigenvalue weighted by Crippen LogP contribution is -2.43.